The van der Waals surface area contributed by atoms with E-state index in [1.807, 2.05) is 25.3 Å². The van der Waals surface area contributed by atoms with Crippen LogP contribution in [0.5, 0.6) is 0 Å². The number of nitrogens with zero attached hydrogens (tertiary/aromatic N) is 3. The lowest BCUT2D eigenvalue weighted by Crippen LogP contribution is -2.07. The number of halogens is 1. The molecule has 100 valence electrons. The van der Waals surface area contributed by atoms with Gasteiger partial charge in [-0.2, -0.15) is 0 Å². The predicted octanol–water partition coefficient (Wildman–Crippen LogP) is 2.60. The number of anilines is 1. The van der Waals surface area contributed by atoms with Crippen molar-refractivity contribution in [2.45, 2.75) is 26.7 Å². The zero-order valence-electron chi connectivity index (χ0n) is 11.2. The summed E-state index contributed by atoms with van der Waals surface area (Å²) in [7, 11) is 0. The normalized spacial score (nSPS) is 10.5. The molecule has 1 N–H and O–H groups in total. The summed E-state index contributed by atoms with van der Waals surface area (Å²) in [6.45, 7) is 4.72. The molecule has 2 aromatic rings. The molecule has 0 atom stereocenters. The van der Waals surface area contributed by atoms with Crippen LogP contribution in [0.3, 0.4) is 0 Å². The van der Waals surface area contributed by atoms with Gasteiger partial charge in [-0.1, -0.05) is 13.0 Å². The molecule has 5 heteroatoms. The van der Waals surface area contributed by atoms with Crippen LogP contribution in [0.2, 0.25) is 0 Å². The van der Waals surface area contributed by atoms with Gasteiger partial charge in [0.15, 0.2) is 5.82 Å². The van der Waals surface area contributed by atoms with E-state index >= 15 is 0 Å². The van der Waals surface area contributed by atoms with E-state index in [1.165, 1.54) is 11.8 Å². The third kappa shape index (κ3) is 3.47. The van der Waals surface area contributed by atoms with Crippen LogP contribution in [0.4, 0.5) is 10.3 Å². The maximum atomic E-state index is 13.7. The molecule has 0 saturated carbocycles. The molecule has 0 spiro atoms. The van der Waals surface area contributed by atoms with E-state index in [0.29, 0.717) is 24.6 Å². The fourth-order valence-electron chi connectivity index (χ4n) is 1.71. The van der Waals surface area contributed by atoms with Gasteiger partial charge < -0.3 is 5.32 Å². The van der Waals surface area contributed by atoms with Gasteiger partial charge in [0, 0.05) is 24.9 Å². The van der Waals surface area contributed by atoms with E-state index in [-0.39, 0.29) is 0 Å². The predicted molar refractivity (Wildman–Crippen MR) is 72.6 cm³/mol. The van der Waals surface area contributed by atoms with E-state index in [2.05, 4.69) is 27.2 Å². The van der Waals surface area contributed by atoms with E-state index in [1.54, 1.807) is 0 Å². The van der Waals surface area contributed by atoms with Crippen molar-refractivity contribution in [2.24, 2.45) is 0 Å². The van der Waals surface area contributed by atoms with Crippen molar-refractivity contribution >= 4 is 5.95 Å². The first-order valence-electron chi connectivity index (χ1n) is 6.42. The van der Waals surface area contributed by atoms with Crippen molar-refractivity contribution in [2.75, 3.05) is 11.9 Å². The minimum absolute atomic E-state index is 0.364. The standard InChI is InChI=1S/C14H17FN4/c1-3-10-5-6-11(17-8-10)7-13-12(15)9-18-14(19-13)16-4-2/h5-6,8-9H,3-4,7H2,1-2H3,(H,16,18,19). The Morgan fingerprint density at radius 1 is 1.16 bits per heavy atom. The molecule has 0 amide bonds. The maximum absolute atomic E-state index is 13.7. The molecule has 0 radical (unpaired) electrons. The number of hydrogen-bond acceptors (Lipinski definition) is 4. The third-order valence-corrected chi connectivity index (χ3v) is 2.79. The van der Waals surface area contributed by atoms with E-state index in [0.717, 1.165) is 12.1 Å². The Morgan fingerprint density at radius 2 is 2.00 bits per heavy atom. The number of pyridine rings is 1. The van der Waals surface area contributed by atoms with Crippen LogP contribution in [0.25, 0.3) is 0 Å². The Bertz CT molecular complexity index is 540. The van der Waals surface area contributed by atoms with Crippen molar-refractivity contribution in [3.63, 3.8) is 0 Å². The largest absolute Gasteiger partial charge is 0.354 e. The second-order valence-corrected chi connectivity index (χ2v) is 4.21. The van der Waals surface area contributed by atoms with Crippen LogP contribution < -0.4 is 5.32 Å². The quantitative estimate of drug-likeness (QED) is 0.897. The van der Waals surface area contributed by atoms with Crippen molar-refractivity contribution in [1.82, 2.24) is 15.0 Å². The molecule has 2 heterocycles. The molecule has 2 rings (SSSR count). The van der Waals surface area contributed by atoms with E-state index in [4.69, 9.17) is 0 Å². The van der Waals surface area contributed by atoms with Gasteiger partial charge in [0.05, 0.1) is 11.9 Å². The molecule has 0 saturated heterocycles. The fourth-order valence-corrected chi connectivity index (χ4v) is 1.71. The molecule has 0 aliphatic rings. The molecule has 0 fully saturated rings. The van der Waals surface area contributed by atoms with Crippen molar-refractivity contribution < 1.29 is 4.39 Å². The SMILES string of the molecule is CCNc1ncc(F)c(Cc2ccc(CC)cn2)n1. The third-order valence-electron chi connectivity index (χ3n) is 2.79. The summed E-state index contributed by atoms with van der Waals surface area (Å²) < 4.78 is 13.7. The van der Waals surface area contributed by atoms with Crippen molar-refractivity contribution in [1.29, 1.82) is 0 Å². The topological polar surface area (TPSA) is 50.7 Å². The second-order valence-electron chi connectivity index (χ2n) is 4.21. The molecular formula is C14H17FN4. The lowest BCUT2D eigenvalue weighted by Gasteiger charge is -2.06. The fraction of sp³-hybridized carbons (Fsp3) is 0.357. The highest BCUT2D eigenvalue weighted by Gasteiger charge is 2.08. The van der Waals surface area contributed by atoms with Gasteiger partial charge in [0.25, 0.3) is 0 Å². The first-order valence-corrected chi connectivity index (χ1v) is 6.42. The van der Waals surface area contributed by atoms with Crippen LogP contribution in [-0.4, -0.2) is 21.5 Å². The summed E-state index contributed by atoms with van der Waals surface area (Å²) in [5.74, 6) is 0.0482. The molecule has 0 aliphatic heterocycles. The highest BCUT2D eigenvalue weighted by molar-refractivity contribution is 5.27. The Hall–Kier alpha value is -2.04. The molecule has 0 unspecified atom stereocenters. The summed E-state index contributed by atoms with van der Waals surface area (Å²) in [5, 5.41) is 2.97. The van der Waals surface area contributed by atoms with Crippen LogP contribution in [0.15, 0.2) is 24.5 Å². The van der Waals surface area contributed by atoms with Gasteiger partial charge in [-0.25, -0.2) is 14.4 Å². The number of hydrogen-bond donors (Lipinski definition) is 1. The second kappa shape index (κ2) is 6.22. The Balaban J connectivity index is 2.18. The number of aromatic nitrogens is 3. The summed E-state index contributed by atoms with van der Waals surface area (Å²) >= 11 is 0. The summed E-state index contributed by atoms with van der Waals surface area (Å²) in [6.07, 6.45) is 4.33. The first kappa shape index (κ1) is 13.4. The lowest BCUT2D eigenvalue weighted by atomic mass is 10.1. The first-order chi connectivity index (χ1) is 9.22. The average molecular weight is 260 g/mol. The molecule has 0 bridgehead atoms. The molecule has 0 aromatic carbocycles. The molecule has 4 nitrogen and oxygen atoms in total. The summed E-state index contributed by atoms with van der Waals surface area (Å²) in [5.41, 5.74) is 2.33. The van der Waals surface area contributed by atoms with Crippen molar-refractivity contribution in [3.8, 4) is 0 Å². The van der Waals surface area contributed by atoms with Crippen molar-refractivity contribution in [3.05, 3.63) is 47.3 Å². The molecule has 2 aromatic heterocycles. The average Bonchev–Trinajstić information content (AvgIpc) is 2.44. The van der Waals surface area contributed by atoms with Gasteiger partial charge >= 0.3 is 0 Å². The molecular weight excluding hydrogens is 243 g/mol. The van der Waals surface area contributed by atoms with Gasteiger partial charge in [-0.3, -0.25) is 4.98 Å². The van der Waals surface area contributed by atoms with Crippen LogP contribution in [0.1, 0.15) is 30.8 Å². The van der Waals surface area contributed by atoms with Gasteiger partial charge in [-0.05, 0) is 25.0 Å². The number of aryl methyl sites for hydroxylation is 1. The molecule has 19 heavy (non-hydrogen) atoms. The highest BCUT2D eigenvalue weighted by atomic mass is 19.1. The smallest absolute Gasteiger partial charge is 0.223 e. The number of nitrogens with one attached hydrogen (secondary N) is 1. The Kier molecular flexibility index (Phi) is 4.39. The zero-order chi connectivity index (χ0) is 13.7. The Morgan fingerprint density at radius 3 is 2.63 bits per heavy atom. The van der Waals surface area contributed by atoms with Crippen LogP contribution >= 0.6 is 0 Å². The summed E-state index contributed by atoms with van der Waals surface area (Å²) in [6, 6.07) is 3.92. The van der Waals surface area contributed by atoms with Crippen LogP contribution in [-0.2, 0) is 12.8 Å². The van der Waals surface area contributed by atoms with Crippen LogP contribution in [0, 0.1) is 5.82 Å². The monoisotopic (exact) mass is 260 g/mol. The zero-order valence-corrected chi connectivity index (χ0v) is 11.2. The minimum atomic E-state index is -0.400. The lowest BCUT2D eigenvalue weighted by molar-refractivity contribution is 0.595. The maximum Gasteiger partial charge on any atom is 0.223 e. The van der Waals surface area contributed by atoms with E-state index < -0.39 is 5.82 Å². The van der Waals surface area contributed by atoms with Gasteiger partial charge in [0.1, 0.15) is 0 Å². The Labute approximate surface area is 112 Å². The summed E-state index contributed by atoms with van der Waals surface area (Å²) in [4.78, 5) is 12.4. The minimum Gasteiger partial charge on any atom is -0.354 e. The molecule has 0 aliphatic carbocycles. The van der Waals surface area contributed by atoms with Gasteiger partial charge in [-0.15, -0.1) is 0 Å². The van der Waals surface area contributed by atoms with E-state index in [9.17, 15) is 4.39 Å². The van der Waals surface area contributed by atoms with Gasteiger partial charge in [0.2, 0.25) is 5.95 Å². The highest BCUT2D eigenvalue weighted by Crippen LogP contribution is 2.11. The number of rotatable bonds is 5.